The highest BCUT2D eigenvalue weighted by molar-refractivity contribution is 5.32. The first-order valence-corrected chi connectivity index (χ1v) is 5.50. The molecule has 4 nitrogen and oxygen atoms in total. The van der Waals surface area contributed by atoms with Crippen LogP contribution in [0, 0.1) is 13.8 Å². The molecule has 0 saturated carbocycles. The van der Waals surface area contributed by atoms with E-state index in [-0.39, 0.29) is 0 Å². The number of rotatable bonds is 1. The molecule has 2 heterocycles. The Balaban J connectivity index is 2.33. The smallest absolute Gasteiger partial charge is 0.220 e. The zero-order chi connectivity index (χ0) is 10.8. The molecule has 0 radical (unpaired) electrons. The second kappa shape index (κ2) is 4.14. The zero-order valence-corrected chi connectivity index (χ0v) is 9.38. The van der Waals surface area contributed by atoms with Crippen LogP contribution >= 0.6 is 0 Å². The fraction of sp³-hybridized carbons (Fsp3) is 0.636. The molecular weight excluding hydrogens is 188 g/mol. The Hall–Kier alpha value is -1.16. The lowest BCUT2D eigenvalue weighted by atomic mass is 9.93. The molecule has 2 rings (SSSR count). The first kappa shape index (κ1) is 10.4. The van der Waals surface area contributed by atoms with Crippen molar-refractivity contribution >= 4 is 5.95 Å². The summed E-state index contributed by atoms with van der Waals surface area (Å²) in [7, 11) is 0. The van der Waals surface area contributed by atoms with Crippen molar-refractivity contribution in [3.63, 3.8) is 0 Å². The van der Waals surface area contributed by atoms with E-state index in [1.54, 1.807) is 0 Å². The van der Waals surface area contributed by atoms with Gasteiger partial charge in [0.15, 0.2) is 0 Å². The number of piperidine rings is 1. The number of hydrogen-bond donors (Lipinski definition) is 2. The molecule has 0 amide bonds. The van der Waals surface area contributed by atoms with Gasteiger partial charge in [-0.15, -0.1) is 0 Å². The van der Waals surface area contributed by atoms with E-state index in [0.717, 1.165) is 24.5 Å². The summed E-state index contributed by atoms with van der Waals surface area (Å²) in [6, 6.07) is 0. The van der Waals surface area contributed by atoms with Crippen molar-refractivity contribution in [2.45, 2.75) is 32.6 Å². The Morgan fingerprint density at radius 3 is 2.80 bits per heavy atom. The maximum atomic E-state index is 5.69. The molecular formula is C11H18N4. The minimum Gasteiger partial charge on any atom is -0.368 e. The first-order valence-electron chi connectivity index (χ1n) is 5.50. The fourth-order valence-electron chi connectivity index (χ4n) is 2.16. The van der Waals surface area contributed by atoms with Crippen molar-refractivity contribution in [2.24, 2.45) is 0 Å². The summed E-state index contributed by atoms with van der Waals surface area (Å²) in [4.78, 5) is 8.56. The van der Waals surface area contributed by atoms with Gasteiger partial charge in [-0.05, 0) is 38.8 Å². The van der Waals surface area contributed by atoms with E-state index in [1.165, 1.54) is 18.4 Å². The van der Waals surface area contributed by atoms with Gasteiger partial charge in [-0.2, -0.15) is 0 Å². The number of anilines is 1. The van der Waals surface area contributed by atoms with E-state index in [0.29, 0.717) is 11.9 Å². The summed E-state index contributed by atoms with van der Waals surface area (Å²) < 4.78 is 0. The van der Waals surface area contributed by atoms with Crippen molar-refractivity contribution in [2.75, 3.05) is 18.8 Å². The van der Waals surface area contributed by atoms with Crippen LogP contribution in [0.15, 0.2) is 0 Å². The van der Waals surface area contributed by atoms with Crippen LogP contribution in [0.3, 0.4) is 0 Å². The standard InChI is InChI=1S/C11H18N4/c1-7-8(2)14-11(12)15-10(7)9-4-3-5-13-6-9/h9,13H,3-6H2,1-2H3,(H2,12,14,15). The van der Waals surface area contributed by atoms with Crippen LogP contribution in [0.4, 0.5) is 5.95 Å². The lowest BCUT2D eigenvalue weighted by Gasteiger charge is -2.24. The lowest BCUT2D eigenvalue weighted by Crippen LogP contribution is -2.29. The van der Waals surface area contributed by atoms with Gasteiger partial charge in [0.1, 0.15) is 0 Å². The van der Waals surface area contributed by atoms with E-state index < -0.39 is 0 Å². The summed E-state index contributed by atoms with van der Waals surface area (Å²) in [5.74, 6) is 0.904. The topological polar surface area (TPSA) is 63.8 Å². The third-order valence-corrected chi connectivity index (χ3v) is 3.13. The van der Waals surface area contributed by atoms with Crippen LogP contribution in [0.2, 0.25) is 0 Å². The maximum Gasteiger partial charge on any atom is 0.220 e. The Morgan fingerprint density at radius 1 is 1.33 bits per heavy atom. The molecule has 1 aromatic rings. The molecule has 0 spiro atoms. The predicted molar refractivity (Wildman–Crippen MR) is 60.8 cm³/mol. The molecule has 1 aliphatic heterocycles. The molecule has 0 aromatic carbocycles. The van der Waals surface area contributed by atoms with Gasteiger partial charge in [0.25, 0.3) is 0 Å². The van der Waals surface area contributed by atoms with Crippen LogP contribution in [0.5, 0.6) is 0 Å². The molecule has 1 aromatic heterocycles. The van der Waals surface area contributed by atoms with Gasteiger partial charge in [-0.3, -0.25) is 0 Å². The van der Waals surface area contributed by atoms with E-state index >= 15 is 0 Å². The monoisotopic (exact) mass is 206 g/mol. The van der Waals surface area contributed by atoms with Gasteiger partial charge in [-0.25, -0.2) is 9.97 Å². The van der Waals surface area contributed by atoms with Crippen LogP contribution in [0.1, 0.15) is 35.7 Å². The summed E-state index contributed by atoms with van der Waals surface area (Å²) in [5.41, 5.74) is 9.02. The van der Waals surface area contributed by atoms with Crippen molar-refractivity contribution in [3.05, 3.63) is 17.0 Å². The van der Waals surface area contributed by atoms with Crippen molar-refractivity contribution in [1.82, 2.24) is 15.3 Å². The summed E-state index contributed by atoms with van der Waals surface area (Å²) in [6.45, 7) is 6.21. The minimum atomic E-state index is 0.402. The normalized spacial score (nSPS) is 21.6. The molecule has 0 bridgehead atoms. The van der Waals surface area contributed by atoms with Crippen molar-refractivity contribution in [3.8, 4) is 0 Å². The first-order chi connectivity index (χ1) is 7.18. The minimum absolute atomic E-state index is 0.402. The molecule has 1 atom stereocenters. The van der Waals surface area contributed by atoms with Gasteiger partial charge in [0.05, 0.1) is 5.69 Å². The van der Waals surface area contributed by atoms with E-state index in [4.69, 9.17) is 5.73 Å². The van der Waals surface area contributed by atoms with Crippen LogP contribution in [0.25, 0.3) is 0 Å². The molecule has 1 unspecified atom stereocenters. The average molecular weight is 206 g/mol. The number of nitrogens with two attached hydrogens (primary N) is 1. The molecule has 1 aliphatic rings. The zero-order valence-electron chi connectivity index (χ0n) is 9.38. The Bertz CT molecular complexity index is 356. The van der Waals surface area contributed by atoms with Gasteiger partial charge < -0.3 is 11.1 Å². The Kier molecular flexibility index (Phi) is 2.86. The predicted octanol–water partition coefficient (Wildman–Crippen LogP) is 1.14. The summed E-state index contributed by atoms with van der Waals surface area (Å²) in [6.07, 6.45) is 2.41. The van der Waals surface area contributed by atoms with E-state index in [9.17, 15) is 0 Å². The molecule has 3 N–H and O–H groups in total. The highest BCUT2D eigenvalue weighted by Gasteiger charge is 2.19. The van der Waals surface area contributed by atoms with Crippen LogP contribution < -0.4 is 11.1 Å². The molecule has 4 heteroatoms. The molecule has 82 valence electrons. The Morgan fingerprint density at radius 2 is 2.13 bits per heavy atom. The lowest BCUT2D eigenvalue weighted by molar-refractivity contribution is 0.452. The molecule has 0 aliphatic carbocycles. The quantitative estimate of drug-likeness (QED) is 0.723. The van der Waals surface area contributed by atoms with Crippen molar-refractivity contribution in [1.29, 1.82) is 0 Å². The van der Waals surface area contributed by atoms with E-state index in [2.05, 4.69) is 22.2 Å². The largest absolute Gasteiger partial charge is 0.368 e. The van der Waals surface area contributed by atoms with E-state index in [1.807, 2.05) is 6.92 Å². The fourth-order valence-corrected chi connectivity index (χ4v) is 2.16. The van der Waals surface area contributed by atoms with Gasteiger partial charge in [0.2, 0.25) is 5.95 Å². The molecule has 15 heavy (non-hydrogen) atoms. The third-order valence-electron chi connectivity index (χ3n) is 3.13. The number of nitrogens with one attached hydrogen (secondary N) is 1. The third kappa shape index (κ3) is 2.09. The molecule has 1 saturated heterocycles. The number of aryl methyl sites for hydroxylation is 1. The van der Waals surface area contributed by atoms with Gasteiger partial charge in [0, 0.05) is 18.2 Å². The van der Waals surface area contributed by atoms with Crippen LogP contribution in [-0.4, -0.2) is 23.1 Å². The Labute approximate surface area is 90.3 Å². The highest BCUT2D eigenvalue weighted by Crippen LogP contribution is 2.25. The van der Waals surface area contributed by atoms with Crippen LogP contribution in [-0.2, 0) is 0 Å². The summed E-state index contributed by atoms with van der Waals surface area (Å²) in [5, 5.41) is 3.40. The summed E-state index contributed by atoms with van der Waals surface area (Å²) >= 11 is 0. The second-order valence-corrected chi connectivity index (χ2v) is 4.22. The van der Waals surface area contributed by atoms with Gasteiger partial charge in [-0.1, -0.05) is 0 Å². The number of hydrogen-bond acceptors (Lipinski definition) is 4. The van der Waals surface area contributed by atoms with Crippen molar-refractivity contribution < 1.29 is 0 Å². The van der Waals surface area contributed by atoms with Gasteiger partial charge >= 0.3 is 0 Å². The second-order valence-electron chi connectivity index (χ2n) is 4.22. The SMILES string of the molecule is Cc1nc(N)nc(C2CCCNC2)c1C. The average Bonchev–Trinajstić information content (AvgIpc) is 2.24. The maximum absolute atomic E-state index is 5.69. The highest BCUT2D eigenvalue weighted by atomic mass is 15.0. The number of nitrogen functional groups attached to an aromatic ring is 1. The number of aromatic nitrogens is 2. The number of nitrogens with zero attached hydrogens (tertiary/aromatic N) is 2. The molecule has 1 fully saturated rings.